The summed E-state index contributed by atoms with van der Waals surface area (Å²) in [5.41, 5.74) is 3.71. The molecule has 116 valence electrons. The Morgan fingerprint density at radius 1 is 1.36 bits per heavy atom. The van der Waals surface area contributed by atoms with E-state index in [1.165, 1.54) is 32.1 Å². The first kappa shape index (κ1) is 16.3. The van der Waals surface area contributed by atoms with Crippen LogP contribution in [-0.2, 0) is 0 Å². The summed E-state index contributed by atoms with van der Waals surface area (Å²) in [5, 5.41) is 8.03. The zero-order valence-corrected chi connectivity index (χ0v) is 13.4. The summed E-state index contributed by atoms with van der Waals surface area (Å²) in [6.07, 6.45) is 13.1. The number of hydrazone groups is 1. The SMILES string of the molecule is C#CCOc1ccccc1/C=N\NC(=S)NC1CCCCC1. The van der Waals surface area contributed by atoms with Crippen molar-refractivity contribution >= 4 is 23.5 Å². The molecule has 1 saturated carbocycles. The van der Waals surface area contributed by atoms with E-state index in [1.54, 1.807) is 6.21 Å². The quantitative estimate of drug-likeness (QED) is 0.380. The van der Waals surface area contributed by atoms with Crippen molar-refractivity contribution in [3.05, 3.63) is 29.8 Å². The highest BCUT2D eigenvalue weighted by Gasteiger charge is 2.13. The van der Waals surface area contributed by atoms with Crippen molar-refractivity contribution in [1.29, 1.82) is 0 Å². The lowest BCUT2D eigenvalue weighted by molar-refractivity contribution is 0.370. The predicted molar refractivity (Wildman–Crippen MR) is 94.1 cm³/mol. The highest BCUT2D eigenvalue weighted by molar-refractivity contribution is 7.80. The van der Waals surface area contributed by atoms with Gasteiger partial charge in [-0.15, -0.1) is 6.42 Å². The van der Waals surface area contributed by atoms with Crippen LogP contribution < -0.4 is 15.5 Å². The fourth-order valence-electron chi connectivity index (χ4n) is 2.46. The second-order valence-corrected chi connectivity index (χ2v) is 5.62. The summed E-state index contributed by atoms with van der Waals surface area (Å²) in [6, 6.07) is 8.05. The lowest BCUT2D eigenvalue weighted by Gasteiger charge is -2.23. The van der Waals surface area contributed by atoms with Crippen LogP contribution in [0, 0.1) is 12.3 Å². The zero-order chi connectivity index (χ0) is 15.6. The van der Waals surface area contributed by atoms with E-state index < -0.39 is 0 Å². The van der Waals surface area contributed by atoms with Crippen molar-refractivity contribution in [2.75, 3.05) is 6.61 Å². The third-order valence-corrected chi connectivity index (χ3v) is 3.75. The normalized spacial score (nSPS) is 15.2. The molecule has 2 N–H and O–H groups in total. The minimum absolute atomic E-state index is 0.236. The Bertz CT molecular complexity index is 559. The Kier molecular flexibility index (Phi) is 6.72. The summed E-state index contributed by atoms with van der Waals surface area (Å²) in [4.78, 5) is 0. The summed E-state index contributed by atoms with van der Waals surface area (Å²) < 4.78 is 5.46. The molecule has 1 aromatic carbocycles. The van der Waals surface area contributed by atoms with Crippen molar-refractivity contribution in [3.8, 4) is 18.1 Å². The standard InChI is InChI=1S/C17H21N3OS/c1-2-12-21-16-11-7-6-8-14(16)13-18-20-17(22)19-15-9-4-3-5-10-15/h1,6-8,11,13,15H,3-5,9-10,12H2,(H2,19,20,22)/b18-13-. The van der Waals surface area contributed by atoms with Crippen LogP contribution in [0.25, 0.3) is 0 Å². The van der Waals surface area contributed by atoms with Crippen molar-refractivity contribution in [3.63, 3.8) is 0 Å². The summed E-state index contributed by atoms with van der Waals surface area (Å²) in [7, 11) is 0. The molecule has 0 heterocycles. The Labute approximate surface area is 137 Å². The molecule has 0 unspecified atom stereocenters. The van der Waals surface area contributed by atoms with Crippen LogP contribution in [0.3, 0.4) is 0 Å². The fraction of sp³-hybridized carbons (Fsp3) is 0.412. The van der Waals surface area contributed by atoms with Crippen LogP contribution in [0.4, 0.5) is 0 Å². The largest absolute Gasteiger partial charge is 0.480 e. The number of nitrogens with zero attached hydrogens (tertiary/aromatic N) is 1. The maximum Gasteiger partial charge on any atom is 0.187 e. The number of rotatable bonds is 5. The Hall–Kier alpha value is -2.06. The molecule has 1 fully saturated rings. The number of para-hydroxylation sites is 1. The van der Waals surface area contributed by atoms with E-state index in [1.807, 2.05) is 24.3 Å². The first-order valence-electron chi connectivity index (χ1n) is 7.54. The molecule has 0 aromatic heterocycles. The molecule has 0 saturated heterocycles. The molecule has 0 spiro atoms. The fourth-order valence-corrected chi connectivity index (χ4v) is 2.68. The first-order valence-corrected chi connectivity index (χ1v) is 7.95. The van der Waals surface area contributed by atoms with Crippen LogP contribution in [0.5, 0.6) is 5.75 Å². The molecule has 0 amide bonds. The van der Waals surface area contributed by atoms with Gasteiger partial charge in [-0.1, -0.05) is 37.3 Å². The van der Waals surface area contributed by atoms with Gasteiger partial charge < -0.3 is 10.1 Å². The van der Waals surface area contributed by atoms with E-state index in [0.717, 1.165) is 5.56 Å². The lowest BCUT2D eigenvalue weighted by atomic mass is 9.96. The second-order valence-electron chi connectivity index (χ2n) is 5.21. The number of hydrogen-bond acceptors (Lipinski definition) is 3. The number of nitrogens with one attached hydrogen (secondary N) is 2. The number of thiocarbonyl (C=S) groups is 1. The highest BCUT2D eigenvalue weighted by Crippen LogP contribution is 2.17. The van der Waals surface area contributed by atoms with Gasteiger partial charge in [0.2, 0.25) is 0 Å². The average Bonchev–Trinajstić information content (AvgIpc) is 2.55. The van der Waals surface area contributed by atoms with Crippen LogP contribution in [-0.4, -0.2) is 24.0 Å². The van der Waals surface area contributed by atoms with Gasteiger partial charge in [0.05, 0.1) is 6.21 Å². The van der Waals surface area contributed by atoms with Crippen LogP contribution >= 0.6 is 12.2 Å². The van der Waals surface area contributed by atoms with Gasteiger partial charge in [0.15, 0.2) is 5.11 Å². The summed E-state index contributed by atoms with van der Waals surface area (Å²) in [6.45, 7) is 0.236. The van der Waals surface area contributed by atoms with Gasteiger partial charge in [0.1, 0.15) is 12.4 Å². The van der Waals surface area contributed by atoms with Gasteiger partial charge in [-0.25, -0.2) is 0 Å². The number of hydrogen-bond donors (Lipinski definition) is 2. The molecule has 22 heavy (non-hydrogen) atoms. The first-order chi connectivity index (χ1) is 10.8. The predicted octanol–water partition coefficient (Wildman–Crippen LogP) is 2.83. The molecule has 0 atom stereocenters. The van der Waals surface area contributed by atoms with Crippen molar-refractivity contribution < 1.29 is 4.74 Å². The van der Waals surface area contributed by atoms with Crippen molar-refractivity contribution in [2.24, 2.45) is 5.10 Å². The van der Waals surface area contributed by atoms with Crippen molar-refractivity contribution in [1.82, 2.24) is 10.7 Å². The molecule has 1 aliphatic carbocycles. The van der Waals surface area contributed by atoms with E-state index in [0.29, 0.717) is 16.9 Å². The van der Waals surface area contributed by atoms with Crippen LogP contribution in [0.15, 0.2) is 29.4 Å². The van der Waals surface area contributed by atoms with Crippen LogP contribution in [0.1, 0.15) is 37.7 Å². The molecule has 4 nitrogen and oxygen atoms in total. The third kappa shape index (κ3) is 5.38. The van der Waals surface area contributed by atoms with E-state index in [-0.39, 0.29) is 6.61 Å². The molecule has 0 aliphatic heterocycles. The third-order valence-electron chi connectivity index (χ3n) is 3.54. The monoisotopic (exact) mass is 315 g/mol. The molecule has 1 aromatic rings. The second kappa shape index (κ2) is 9.06. The molecule has 5 heteroatoms. The number of benzene rings is 1. The molecule has 0 radical (unpaired) electrons. The van der Waals surface area contributed by atoms with Gasteiger partial charge in [-0.05, 0) is 37.2 Å². The minimum Gasteiger partial charge on any atom is -0.480 e. The lowest BCUT2D eigenvalue weighted by Crippen LogP contribution is -2.40. The van der Waals surface area contributed by atoms with E-state index in [2.05, 4.69) is 21.8 Å². The Balaban J connectivity index is 1.84. The van der Waals surface area contributed by atoms with Gasteiger partial charge in [0, 0.05) is 11.6 Å². The topological polar surface area (TPSA) is 45.6 Å². The summed E-state index contributed by atoms with van der Waals surface area (Å²) in [5.74, 6) is 3.16. The van der Waals surface area contributed by atoms with E-state index in [9.17, 15) is 0 Å². The average molecular weight is 315 g/mol. The molecule has 1 aliphatic rings. The molecular formula is C17H21N3OS. The summed E-state index contributed by atoms with van der Waals surface area (Å²) >= 11 is 5.26. The van der Waals surface area contributed by atoms with Crippen LogP contribution in [0.2, 0.25) is 0 Å². The van der Waals surface area contributed by atoms with E-state index in [4.69, 9.17) is 23.4 Å². The number of terminal acetylenes is 1. The minimum atomic E-state index is 0.236. The number of ether oxygens (including phenoxy) is 1. The molecule has 2 rings (SSSR count). The van der Waals surface area contributed by atoms with Gasteiger partial charge >= 0.3 is 0 Å². The van der Waals surface area contributed by atoms with Gasteiger partial charge in [-0.2, -0.15) is 5.10 Å². The Morgan fingerprint density at radius 3 is 2.91 bits per heavy atom. The molecular weight excluding hydrogens is 294 g/mol. The maximum atomic E-state index is 5.46. The van der Waals surface area contributed by atoms with Gasteiger partial charge in [0.25, 0.3) is 0 Å². The van der Waals surface area contributed by atoms with Crippen molar-refractivity contribution in [2.45, 2.75) is 38.1 Å². The van der Waals surface area contributed by atoms with E-state index >= 15 is 0 Å². The van der Waals surface area contributed by atoms with Gasteiger partial charge in [-0.3, -0.25) is 5.43 Å². The highest BCUT2D eigenvalue weighted by atomic mass is 32.1. The Morgan fingerprint density at radius 2 is 2.14 bits per heavy atom. The molecule has 0 bridgehead atoms. The maximum absolute atomic E-state index is 5.46. The smallest absolute Gasteiger partial charge is 0.187 e. The zero-order valence-electron chi connectivity index (χ0n) is 12.5.